The lowest BCUT2D eigenvalue weighted by molar-refractivity contribution is -0.117. The maximum absolute atomic E-state index is 12.7. The lowest BCUT2D eigenvalue weighted by Gasteiger charge is -2.38. The lowest BCUT2D eigenvalue weighted by Crippen LogP contribution is -2.48. The second-order valence-electron chi connectivity index (χ2n) is 6.29. The van der Waals surface area contributed by atoms with Crippen molar-refractivity contribution in [3.63, 3.8) is 0 Å². The average molecular weight is 325 g/mol. The van der Waals surface area contributed by atoms with E-state index in [4.69, 9.17) is 10.5 Å². The predicted molar refractivity (Wildman–Crippen MR) is 97.6 cm³/mol. The van der Waals surface area contributed by atoms with Gasteiger partial charge in [0.15, 0.2) is 0 Å². The highest BCUT2D eigenvalue weighted by molar-refractivity contribution is 5.97. The molecule has 1 aliphatic rings. The van der Waals surface area contributed by atoms with Crippen molar-refractivity contribution in [2.45, 2.75) is 32.9 Å². The molecule has 1 amide bonds. The van der Waals surface area contributed by atoms with Crippen molar-refractivity contribution in [2.75, 3.05) is 22.5 Å². The number of ether oxygens (including phenoxy) is 1. The Balaban J connectivity index is 1.83. The lowest BCUT2D eigenvalue weighted by atomic mass is 10.1. The number of carbonyl (C=O) groups excluding carboxylic acids is 1. The summed E-state index contributed by atoms with van der Waals surface area (Å²) in [5.74, 6) is 0.686. The summed E-state index contributed by atoms with van der Waals surface area (Å²) < 4.78 is 5.86. The molecule has 0 saturated heterocycles. The van der Waals surface area contributed by atoms with Crippen molar-refractivity contribution in [3.8, 4) is 5.75 Å². The van der Waals surface area contributed by atoms with E-state index in [0.29, 0.717) is 12.2 Å². The monoisotopic (exact) mass is 325 g/mol. The Hall–Kier alpha value is -2.69. The summed E-state index contributed by atoms with van der Waals surface area (Å²) in [5.41, 5.74) is 9.28. The quantitative estimate of drug-likeness (QED) is 0.851. The van der Waals surface area contributed by atoms with Gasteiger partial charge in [0, 0.05) is 17.4 Å². The van der Waals surface area contributed by atoms with Crippen LogP contribution in [0.2, 0.25) is 0 Å². The van der Waals surface area contributed by atoms with E-state index >= 15 is 0 Å². The molecule has 5 heteroatoms. The van der Waals surface area contributed by atoms with Gasteiger partial charge in [0.2, 0.25) is 5.91 Å². The topological polar surface area (TPSA) is 67.6 Å². The highest BCUT2D eigenvalue weighted by atomic mass is 16.5. The van der Waals surface area contributed by atoms with Gasteiger partial charge in [-0.2, -0.15) is 0 Å². The fourth-order valence-corrected chi connectivity index (χ4v) is 2.95. The summed E-state index contributed by atoms with van der Waals surface area (Å²) in [6, 6.07) is 13.0. The van der Waals surface area contributed by atoms with Gasteiger partial charge in [-0.25, -0.2) is 0 Å². The normalized spacial score (nSPS) is 17.6. The molecule has 0 fully saturated rings. The van der Waals surface area contributed by atoms with Gasteiger partial charge in [-0.05, 0) is 44.5 Å². The molecule has 2 atom stereocenters. The van der Waals surface area contributed by atoms with Gasteiger partial charge in [-0.3, -0.25) is 4.79 Å². The van der Waals surface area contributed by atoms with Crippen LogP contribution in [-0.2, 0) is 4.79 Å². The molecule has 3 rings (SSSR count). The van der Waals surface area contributed by atoms with Crippen LogP contribution in [-0.4, -0.2) is 24.6 Å². The zero-order valence-electron chi connectivity index (χ0n) is 14.2. The van der Waals surface area contributed by atoms with Crippen LogP contribution in [0.5, 0.6) is 5.75 Å². The largest absolute Gasteiger partial charge is 0.487 e. The van der Waals surface area contributed by atoms with E-state index < -0.39 is 0 Å². The van der Waals surface area contributed by atoms with Crippen LogP contribution >= 0.6 is 0 Å². The molecular formula is C19H23N3O2. The number of amides is 1. The molecule has 2 aromatic carbocycles. The number of nitrogen functional groups attached to an aromatic ring is 1. The molecule has 0 saturated carbocycles. The van der Waals surface area contributed by atoms with Crippen molar-refractivity contribution in [1.82, 2.24) is 0 Å². The molecule has 0 aliphatic carbocycles. The predicted octanol–water partition coefficient (Wildman–Crippen LogP) is 3.19. The van der Waals surface area contributed by atoms with Crippen molar-refractivity contribution in [2.24, 2.45) is 0 Å². The summed E-state index contributed by atoms with van der Waals surface area (Å²) in [7, 11) is 0. The van der Waals surface area contributed by atoms with Crippen molar-refractivity contribution in [3.05, 3.63) is 48.0 Å². The van der Waals surface area contributed by atoms with Gasteiger partial charge in [0.25, 0.3) is 0 Å². The van der Waals surface area contributed by atoms with E-state index in [-0.39, 0.29) is 18.1 Å². The van der Waals surface area contributed by atoms with Crippen LogP contribution in [0.4, 0.5) is 17.1 Å². The summed E-state index contributed by atoms with van der Waals surface area (Å²) in [6.45, 7) is 6.53. The Kier molecular flexibility index (Phi) is 4.34. The number of anilines is 3. The van der Waals surface area contributed by atoms with Crippen LogP contribution in [0.25, 0.3) is 0 Å². The van der Waals surface area contributed by atoms with Crippen LogP contribution in [0.1, 0.15) is 19.4 Å². The molecule has 0 spiro atoms. The number of rotatable bonds is 3. The highest BCUT2D eigenvalue weighted by Crippen LogP contribution is 2.36. The van der Waals surface area contributed by atoms with Gasteiger partial charge >= 0.3 is 0 Å². The fraction of sp³-hybridized carbons (Fsp3) is 0.316. The van der Waals surface area contributed by atoms with Gasteiger partial charge in [-0.15, -0.1) is 0 Å². The number of aryl methyl sites for hydroxylation is 1. The van der Waals surface area contributed by atoms with E-state index in [9.17, 15) is 4.79 Å². The number of benzene rings is 2. The molecule has 2 aromatic rings. The average Bonchev–Trinajstić information content (AvgIpc) is 2.55. The molecule has 24 heavy (non-hydrogen) atoms. The first-order valence-electron chi connectivity index (χ1n) is 8.15. The number of carbonyl (C=O) groups is 1. The number of hydrogen-bond acceptors (Lipinski definition) is 4. The number of hydrogen-bond donors (Lipinski definition) is 2. The third kappa shape index (κ3) is 3.15. The van der Waals surface area contributed by atoms with Gasteiger partial charge in [0.05, 0.1) is 12.2 Å². The van der Waals surface area contributed by atoms with Gasteiger partial charge < -0.3 is 20.7 Å². The molecule has 5 nitrogen and oxygen atoms in total. The number of para-hydroxylation sites is 1. The number of nitrogens with one attached hydrogen (secondary N) is 1. The minimum Gasteiger partial charge on any atom is -0.487 e. The van der Waals surface area contributed by atoms with Crippen LogP contribution in [0.3, 0.4) is 0 Å². The fourth-order valence-electron chi connectivity index (χ4n) is 2.95. The third-order valence-corrected chi connectivity index (χ3v) is 4.33. The second-order valence-corrected chi connectivity index (χ2v) is 6.29. The number of nitrogens with zero attached hydrogens (tertiary/aromatic N) is 1. The third-order valence-electron chi connectivity index (χ3n) is 4.33. The van der Waals surface area contributed by atoms with E-state index in [1.165, 1.54) is 0 Å². The Bertz CT molecular complexity index is 760. The summed E-state index contributed by atoms with van der Waals surface area (Å²) in [6.07, 6.45) is -0.00647. The molecule has 2 unspecified atom stereocenters. The zero-order valence-corrected chi connectivity index (χ0v) is 14.2. The molecule has 1 heterocycles. The minimum absolute atomic E-state index is 0.00647. The first-order valence-corrected chi connectivity index (χ1v) is 8.15. The minimum atomic E-state index is -0.321. The van der Waals surface area contributed by atoms with Crippen LogP contribution < -0.4 is 20.7 Å². The first kappa shape index (κ1) is 16.2. The van der Waals surface area contributed by atoms with Gasteiger partial charge in [0.1, 0.15) is 17.9 Å². The maximum atomic E-state index is 12.7. The number of nitrogens with two attached hydrogens (primary N) is 1. The van der Waals surface area contributed by atoms with Crippen LogP contribution in [0, 0.1) is 6.92 Å². The van der Waals surface area contributed by atoms with Crippen molar-refractivity contribution >= 4 is 23.0 Å². The van der Waals surface area contributed by atoms with Crippen molar-refractivity contribution < 1.29 is 9.53 Å². The Labute approximate surface area is 142 Å². The molecule has 0 radical (unpaired) electrons. The van der Waals surface area contributed by atoms with E-state index in [1.807, 2.05) is 63.2 Å². The molecule has 3 N–H and O–H groups in total. The smallest absolute Gasteiger partial charge is 0.246 e. The molecule has 1 aliphatic heterocycles. The van der Waals surface area contributed by atoms with E-state index in [2.05, 4.69) is 10.2 Å². The SMILES string of the molecule is Cc1ccccc1NC(=O)C(C)N1CC(C)Oc2cc(N)ccc21. The van der Waals surface area contributed by atoms with Gasteiger partial charge in [-0.1, -0.05) is 18.2 Å². The van der Waals surface area contributed by atoms with Crippen molar-refractivity contribution in [1.29, 1.82) is 0 Å². The molecular weight excluding hydrogens is 302 g/mol. The van der Waals surface area contributed by atoms with E-state index in [0.717, 1.165) is 22.7 Å². The first-order chi connectivity index (χ1) is 11.5. The molecule has 126 valence electrons. The maximum Gasteiger partial charge on any atom is 0.246 e. The molecule has 0 bridgehead atoms. The standard InChI is InChI=1S/C19H23N3O2/c1-12-6-4-5-7-16(12)21-19(23)14(3)22-11-13(2)24-18-10-15(20)8-9-17(18)22/h4-10,13-14H,11,20H2,1-3H3,(H,21,23). The Morgan fingerprint density at radius 1 is 1.33 bits per heavy atom. The van der Waals surface area contributed by atoms with Crippen LogP contribution in [0.15, 0.2) is 42.5 Å². The zero-order chi connectivity index (χ0) is 17.3. The summed E-state index contributed by atoms with van der Waals surface area (Å²) in [5, 5.41) is 3.02. The van der Waals surface area contributed by atoms with E-state index in [1.54, 1.807) is 0 Å². The number of fused-ring (bicyclic) bond motifs is 1. The second kappa shape index (κ2) is 6.43. The summed E-state index contributed by atoms with van der Waals surface area (Å²) >= 11 is 0. The Morgan fingerprint density at radius 3 is 2.83 bits per heavy atom. The Morgan fingerprint density at radius 2 is 2.08 bits per heavy atom. The molecule has 0 aromatic heterocycles. The highest BCUT2D eigenvalue weighted by Gasteiger charge is 2.30. The summed E-state index contributed by atoms with van der Waals surface area (Å²) in [4.78, 5) is 14.8.